The van der Waals surface area contributed by atoms with E-state index >= 15 is 0 Å². The Kier molecular flexibility index (Phi) is 26.0. The molecule has 0 spiro atoms. The maximum Gasteiger partial charge on any atom is 0.0991 e. The number of nitriles is 1. The number of rotatable bonds is 6. The molecule has 1 aromatic carbocycles. The second kappa shape index (κ2) is 26.2. The fourth-order valence-corrected chi connectivity index (χ4v) is 4.23. The van der Waals surface area contributed by atoms with Gasteiger partial charge in [0.05, 0.1) is 11.6 Å². The third-order valence-corrected chi connectivity index (χ3v) is 6.44. The van der Waals surface area contributed by atoms with E-state index < -0.39 is 0 Å². The van der Waals surface area contributed by atoms with Gasteiger partial charge in [-0.15, -0.1) is 13.2 Å². The summed E-state index contributed by atoms with van der Waals surface area (Å²) in [6.45, 7) is 26.0. The molecule has 0 aromatic heterocycles. The van der Waals surface area contributed by atoms with Crippen LogP contribution >= 0.6 is 0 Å². The van der Waals surface area contributed by atoms with Gasteiger partial charge in [-0.2, -0.15) is 5.26 Å². The van der Waals surface area contributed by atoms with Crippen LogP contribution in [0.15, 0.2) is 73.4 Å². The van der Waals surface area contributed by atoms with Crippen LogP contribution in [-0.4, -0.2) is 30.6 Å². The average molecular weight is 522 g/mol. The topological polar surface area (TPSA) is 53.1 Å². The summed E-state index contributed by atoms with van der Waals surface area (Å²) in [7, 11) is 0. The van der Waals surface area contributed by atoms with E-state index in [-0.39, 0.29) is 0 Å². The molecule has 1 heterocycles. The zero-order valence-electron chi connectivity index (χ0n) is 25.8. The van der Waals surface area contributed by atoms with Gasteiger partial charge in [0.2, 0.25) is 0 Å². The van der Waals surface area contributed by atoms with Crippen molar-refractivity contribution in [3.63, 3.8) is 0 Å². The first kappa shape index (κ1) is 37.7. The number of piperidine rings is 1. The molecule has 1 saturated carbocycles. The lowest BCUT2D eigenvalue weighted by atomic mass is 9.98. The van der Waals surface area contributed by atoms with E-state index in [1.807, 2.05) is 37.3 Å². The lowest BCUT2D eigenvalue weighted by Crippen LogP contribution is -2.40. The molecule has 1 aliphatic heterocycles. The molecule has 1 atom stereocenters. The molecule has 3 nitrogen and oxygen atoms in total. The van der Waals surface area contributed by atoms with Gasteiger partial charge in [-0.25, -0.2) is 0 Å². The van der Waals surface area contributed by atoms with Crippen LogP contribution in [0.25, 0.3) is 0 Å². The van der Waals surface area contributed by atoms with Crippen LogP contribution < -0.4 is 5.73 Å². The van der Waals surface area contributed by atoms with E-state index in [9.17, 15) is 0 Å². The maximum atomic E-state index is 8.51. The van der Waals surface area contributed by atoms with Crippen molar-refractivity contribution >= 4 is 0 Å². The summed E-state index contributed by atoms with van der Waals surface area (Å²) in [5, 5.41) is 8.51. The van der Waals surface area contributed by atoms with Gasteiger partial charge in [0.15, 0.2) is 0 Å². The van der Waals surface area contributed by atoms with Crippen LogP contribution in [-0.2, 0) is 6.42 Å². The largest absolute Gasteiger partial charge is 0.330 e. The van der Waals surface area contributed by atoms with Crippen LogP contribution in [0, 0.1) is 17.2 Å². The highest BCUT2D eigenvalue weighted by molar-refractivity contribution is 5.31. The Morgan fingerprint density at radius 2 is 1.58 bits per heavy atom. The number of hydrogen-bond acceptors (Lipinski definition) is 3. The summed E-state index contributed by atoms with van der Waals surface area (Å²) >= 11 is 0. The minimum absolute atomic E-state index is 0.741. The molecular weight excluding hydrogens is 462 g/mol. The molecule has 2 aliphatic rings. The fourth-order valence-electron chi connectivity index (χ4n) is 4.23. The van der Waals surface area contributed by atoms with Crippen molar-refractivity contribution in [2.24, 2.45) is 11.7 Å². The van der Waals surface area contributed by atoms with Crippen molar-refractivity contribution in [2.75, 3.05) is 19.6 Å². The molecule has 2 N–H and O–H groups in total. The summed E-state index contributed by atoms with van der Waals surface area (Å²) in [6, 6.07) is 10.8. The van der Waals surface area contributed by atoms with E-state index in [1.165, 1.54) is 68.3 Å². The SMILES string of the molecule is C=C.C=C/C(C)=C\C=C(C)C.CCCN.CCCc1ccc(C#N)cc1.C[C@H]1CCCN(C2CCCC2)C1. The standard InChI is InChI=1S/C11H21N.C10H11N.C9H14.C3H9N.C2H4/c1-10-5-4-8-12(9-10)11-6-2-3-7-11;1-2-3-9-4-6-10(8-11)7-5-9;1-5-9(4)7-6-8(2)3;1-2-3-4;1-2/h10-11H,2-9H2,1H3;4-7H,2-3H2,1H3;5-7H,1H2,2-4H3;2-4H2,1H3;1-2H2/b;;9-7-;;/t10-;;;;/m0..../s1. The number of aryl methyl sites for hydroxylation is 1. The molecule has 3 rings (SSSR count). The predicted octanol–water partition coefficient (Wildman–Crippen LogP) is 9.41. The Labute approximate surface area is 237 Å². The normalized spacial score (nSPS) is 16.9. The number of hydrogen-bond donors (Lipinski definition) is 1. The quantitative estimate of drug-likeness (QED) is 0.299. The molecule has 214 valence electrons. The van der Waals surface area contributed by atoms with Gasteiger partial charge in [0.25, 0.3) is 0 Å². The highest BCUT2D eigenvalue weighted by Gasteiger charge is 2.25. The van der Waals surface area contributed by atoms with Crippen molar-refractivity contribution in [1.82, 2.24) is 4.90 Å². The van der Waals surface area contributed by atoms with Gasteiger partial charge in [0.1, 0.15) is 0 Å². The van der Waals surface area contributed by atoms with Crippen LogP contribution in [0.4, 0.5) is 0 Å². The molecule has 1 aromatic rings. The summed E-state index contributed by atoms with van der Waals surface area (Å²) < 4.78 is 0. The number of likely N-dealkylation sites (tertiary alicyclic amines) is 1. The first-order chi connectivity index (χ1) is 18.3. The van der Waals surface area contributed by atoms with Crippen LogP contribution in [0.2, 0.25) is 0 Å². The first-order valence-electron chi connectivity index (χ1n) is 14.7. The Bertz CT molecular complexity index is 785. The zero-order valence-corrected chi connectivity index (χ0v) is 25.8. The minimum Gasteiger partial charge on any atom is -0.330 e. The summed E-state index contributed by atoms with van der Waals surface area (Å²) in [4.78, 5) is 2.75. The number of benzene rings is 1. The average Bonchev–Trinajstić information content (AvgIpc) is 3.50. The molecule has 3 heteroatoms. The molecule has 0 unspecified atom stereocenters. The van der Waals surface area contributed by atoms with Gasteiger partial charge in [0, 0.05) is 12.6 Å². The molecule has 1 aliphatic carbocycles. The third kappa shape index (κ3) is 20.6. The highest BCUT2D eigenvalue weighted by Crippen LogP contribution is 2.27. The summed E-state index contributed by atoms with van der Waals surface area (Å²) in [6.07, 6.45) is 18.2. The Balaban J connectivity index is 0. The smallest absolute Gasteiger partial charge is 0.0991 e. The number of allylic oxidation sites excluding steroid dienone is 5. The van der Waals surface area contributed by atoms with Crippen molar-refractivity contribution in [2.45, 2.75) is 105 Å². The van der Waals surface area contributed by atoms with Crippen molar-refractivity contribution < 1.29 is 0 Å². The van der Waals surface area contributed by atoms with Gasteiger partial charge in [-0.05, 0) is 96.0 Å². The van der Waals surface area contributed by atoms with Gasteiger partial charge < -0.3 is 10.6 Å². The summed E-state index contributed by atoms with van der Waals surface area (Å²) in [5.74, 6) is 0.958. The monoisotopic (exact) mass is 521 g/mol. The number of nitrogens with two attached hydrogens (primary N) is 1. The van der Waals surface area contributed by atoms with Gasteiger partial charge in [-0.3, -0.25) is 0 Å². The predicted molar refractivity (Wildman–Crippen MR) is 171 cm³/mol. The molecule has 1 saturated heterocycles. The van der Waals surface area contributed by atoms with Crippen molar-refractivity contribution in [1.29, 1.82) is 5.26 Å². The van der Waals surface area contributed by atoms with E-state index in [2.05, 4.69) is 77.5 Å². The van der Waals surface area contributed by atoms with E-state index in [1.54, 1.807) is 0 Å². The lowest BCUT2D eigenvalue weighted by molar-refractivity contribution is 0.132. The van der Waals surface area contributed by atoms with E-state index in [4.69, 9.17) is 11.0 Å². The minimum atomic E-state index is 0.741. The van der Waals surface area contributed by atoms with Crippen LogP contribution in [0.1, 0.15) is 104 Å². The molecule has 0 amide bonds. The molecule has 38 heavy (non-hydrogen) atoms. The second-order valence-electron chi connectivity index (χ2n) is 10.4. The first-order valence-corrected chi connectivity index (χ1v) is 14.7. The Morgan fingerprint density at radius 3 is 2.00 bits per heavy atom. The van der Waals surface area contributed by atoms with Crippen LogP contribution in [0.3, 0.4) is 0 Å². The maximum absolute atomic E-state index is 8.51. The third-order valence-electron chi connectivity index (χ3n) is 6.44. The van der Waals surface area contributed by atoms with E-state index in [0.717, 1.165) is 43.3 Å². The molecule has 0 bridgehead atoms. The zero-order chi connectivity index (χ0) is 29.2. The van der Waals surface area contributed by atoms with Gasteiger partial charge in [-0.1, -0.05) is 88.1 Å². The Hall–Kier alpha value is -2.41. The van der Waals surface area contributed by atoms with Crippen molar-refractivity contribution in [3.05, 3.63) is 84.5 Å². The molecule has 2 fully saturated rings. The lowest BCUT2D eigenvalue weighted by Gasteiger charge is -2.35. The van der Waals surface area contributed by atoms with Crippen molar-refractivity contribution in [3.8, 4) is 6.07 Å². The number of nitrogens with zero attached hydrogens (tertiary/aromatic N) is 2. The second-order valence-corrected chi connectivity index (χ2v) is 10.4. The Morgan fingerprint density at radius 1 is 1.00 bits per heavy atom. The van der Waals surface area contributed by atoms with Gasteiger partial charge >= 0.3 is 0 Å². The van der Waals surface area contributed by atoms with E-state index in [0.29, 0.717) is 0 Å². The summed E-state index contributed by atoms with van der Waals surface area (Å²) in [5.41, 5.74) is 9.60. The van der Waals surface area contributed by atoms with Crippen LogP contribution in [0.5, 0.6) is 0 Å². The fraction of sp³-hybridized carbons (Fsp3) is 0.571. The molecular formula is C35H59N3. The highest BCUT2D eigenvalue weighted by atomic mass is 15.2. The molecule has 0 radical (unpaired) electrons.